The van der Waals surface area contributed by atoms with Gasteiger partial charge in [0.25, 0.3) is 0 Å². The standard InChI is InChI=1S/C15H14N2O3S/c1-20-14(19)15(7-8-15)13(18)17-11-9-16-12(21-11)10-5-3-2-4-6-10/h2-6,9H,7-8H2,1H3,(H,17,18). The molecule has 1 amide bonds. The summed E-state index contributed by atoms with van der Waals surface area (Å²) in [6.45, 7) is 0. The third-order valence-electron chi connectivity index (χ3n) is 3.52. The third kappa shape index (κ3) is 2.54. The first kappa shape index (κ1) is 13.8. The fourth-order valence-electron chi connectivity index (χ4n) is 2.12. The van der Waals surface area contributed by atoms with E-state index in [9.17, 15) is 9.59 Å². The maximum Gasteiger partial charge on any atom is 0.321 e. The summed E-state index contributed by atoms with van der Waals surface area (Å²) in [6.07, 6.45) is 2.68. The molecule has 0 bridgehead atoms. The number of hydrogen-bond acceptors (Lipinski definition) is 5. The van der Waals surface area contributed by atoms with Gasteiger partial charge in [-0.2, -0.15) is 0 Å². The molecule has 1 N–H and O–H groups in total. The molecule has 0 aliphatic heterocycles. The van der Waals surface area contributed by atoms with Crippen molar-refractivity contribution in [2.45, 2.75) is 12.8 Å². The van der Waals surface area contributed by atoms with Crippen molar-refractivity contribution in [3.8, 4) is 10.6 Å². The van der Waals surface area contributed by atoms with Crippen LogP contribution in [0.25, 0.3) is 10.6 Å². The number of rotatable bonds is 4. The van der Waals surface area contributed by atoms with Gasteiger partial charge in [0.15, 0.2) is 0 Å². The summed E-state index contributed by atoms with van der Waals surface area (Å²) in [4.78, 5) is 28.2. The Morgan fingerprint density at radius 2 is 2.00 bits per heavy atom. The molecule has 3 rings (SSSR count). The molecule has 0 atom stereocenters. The van der Waals surface area contributed by atoms with Crippen LogP contribution in [0.4, 0.5) is 5.00 Å². The average molecular weight is 302 g/mol. The van der Waals surface area contributed by atoms with Crippen molar-refractivity contribution in [2.24, 2.45) is 5.41 Å². The highest BCUT2D eigenvalue weighted by atomic mass is 32.1. The lowest BCUT2D eigenvalue weighted by atomic mass is 10.1. The minimum absolute atomic E-state index is 0.308. The third-order valence-corrected chi connectivity index (χ3v) is 4.49. The molecule has 108 valence electrons. The first-order chi connectivity index (χ1) is 10.2. The molecule has 1 fully saturated rings. The van der Waals surface area contributed by atoms with Crippen LogP contribution in [0.5, 0.6) is 0 Å². The van der Waals surface area contributed by atoms with Gasteiger partial charge in [0, 0.05) is 5.56 Å². The van der Waals surface area contributed by atoms with Crippen LogP contribution in [-0.2, 0) is 14.3 Å². The van der Waals surface area contributed by atoms with E-state index in [1.54, 1.807) is 6.20 Å². The lowest BCUT2D eigenvalue weighted by Gasteiger charge is -2.11. The predicted molar refractivity (Wildman–Crippen MR) is 79.9 cm³/mol. The molecule has 5 nitrogen and oxygen atoms in total. The normalized spacial score (nSPS) is 15.3. The number of hydrogen-bond donors (Lipinski definition) is 1. The minimum atomic E-state index is -0.994. The van der Waals surface area contributed by atoms with E-state index in [-0.39, 0.29) is 5.91 Å². The summed E-state index contributed by atoms with van der Waals surface area (Å²) in [5, 5.41) is 4.23. The van der Waals surface area contributed by atoms with E-state index in [2.05, 4.69) is 10.3 Å². The van der Waals surface area contributed by atoms with Gasteiger partial charge in [0.1, 0.15) is 15.4 Å². The van der Waals surface area contributed by atoms with Crippen molar-refractivity contribution in [1.82, 2.24) is 4.98 Å². The first-order valence-electron chi connectivity index (χ1n) is 6.57. The monoisotopic (exact) mass is 302 g/mol. The summed E-state index contributed by atoms with van der Waals surface area (Å²) in [7, 11) is 1.30. The number of carbonyl (C=O) groups excluding carboxylic acids is 2. The molecule has 1 heterocycles. The second-order valence-corrected chi connectivity index (χ2v) is 5.95. The topological polar surface area (TPSA) is 68.3 Å². The molecule has 1 aromatic heterocycles. The highest BCUT2D eigenvalue weighted by molar-refractivity contribution is 7.19. The summed E-state index contributed by atoms with van der Waals surface area (Å²) in [5.74, 6) is -0.773. The van der Waals surface area contributed by atoms with Crippen molar-refractivity contribution < 1.29 is 14.3 Å². The summed E-state index contributed by atoms with van der Waals surface area (Å²) in [5.41, 5.74) is 0.00292. The molecular formula is C15H14N2O3S. The lowest BCUT2D eigenvalue weighted by Crippen LogP contribution is -2.32. The summed E-state index contributed by atoms with van der Waals surface area (Å²) < 4.78 is 4.70. The second-order valence-electron chi connectivity index (χ2n) is 4.92. The van der Waals surface area contributed by atoms with E-state index in [4.69, 9.17) is 4.74 Å². The number of nitrogens with zero attached hydrogens (tertiary/aromatic N) is 1. The molecule has 1 aliphatic carbocycles. The SMILES string of the molecule is COC(=O)C1(C(=O)Nc2cnc(-c3ccccc3)s2)CC1. The Labute approximate surface area is 126 Å². The zero-order valence-corrected chi connectivity index (χ0v) is 12.3. The number of methoxy groups -OCH3 is 1. The van der Waals surface area contributed by atoms with Gasteiger partial charge >= 0.3 is 5.97 Å². The number of aromatic nitrogens is 1. The molecule has 0 saturated heterocycles. The van der Waals surface area contributed by atoms with E-state index in [0.29, 0.717) is 17.8 Å². The summed E-state index contributed by atoms with van der Waals surface area (Å²) in [6, 6.07) is 9.73. The molecule has 0 spiro atoms. The van der Waals surface area contributed by atoms with Crippen LogP contribution in [0.3, 0.4) is 0 Å². The highest BCUT2D eigenvalue weighted by Crippen LogP contribution is 2.47. The smallest absolute Gasteiger partial charge is 0.321 e. The largest absolute Gasteiger partial charge is 0.468 e. The van der Waals surface area contributed by atoms with Gasteiger partial charge in [-0.3, -0.25) is 9.59 Å². The molecule has 0 radical (unpaired) electrons. The van der Waals surface area contributed by atoms with Gasteiger partial charge in [0.2, 0.25) is 5.91 Å². The van der Waals surface area contributed by atoms with Crippen LogP contribution in [0.2, 0.25) is 0 Å². The number of thiazole rings is 1. The Balaban J connectivity index is 1.74. The van der Waals surface area contributed by atoms with Crippen LogP contribution in [0.15, 0.2) is 36.5 Å². The number of anilines is 1. The van der Waals surface area contributed by atoms with Gasteiger partial charge in [-0.15, -0.1) is 0 Å². The lowest BCUT2D eigenvalue weighted by molar-refractivity contribution is -0.150. The number of esters is 1. The van der Waals surface area contributed by atoms with Crippen molar-refractivity contribution >= 4 is 28.2 Å². The van der Waals surface area contributed by atoms with Crippen molar-refractivity contribution in [1.29, 1.82) is 0 Å². The molecule has 1 aromatic carbocycles. The van der Waals surface area contributed by atoms with Gasteiger partial charge in [-0.05, 0) is 12.8 Å². The van der Waals surface area contributed by atoms with E-state index < -0.39 is 11.4 Å². The second kappa shape index (κ2) is 5.29. The average Bonchev–Trinajstić information content (AvgIpc) is 3.21. The fraction of sp³-hybridized carbons (Fsp3) is 0.267. The van der Waals surface area contributed by atoms with Gasteiger partial charge in [0.05, 0.1) is 13.3 Å². The van der Waals surface area contributed by atoms with E-state index in [0.717, 1.165) is 10.6 Å². The number of benzene rings is 1. The number of amides is 1. The Kier molecular flexibility index (Phi) is 3.47. The van der Waals surface area contributed by atoms with E-state index in [1.165, 1.54) is 18.4 Å². The minimum Gasteiger partial charge on any atom is -0.468 e. The summed E-state index contributed by atoms with van der Waals surface area (Å²) >= 11 is 1.38. The predicted octanol–water partition coefficient (Wildman–Crippen LogP) is 2.70. The zero-order valence-electron chi connectivity index (χ0n) is 11.5. The maximum atomic E-state index is 12.2. The number of nitrogens with one attached hydrogen (secondary N) is 1. The Morgan fingerprint density at radius 3 is 2.62 bits per heavy atom. The molecule has 1 aliphatic rings. The van der Waals surface area contributed by atoms with E-state index in [1.807, 2.05) is 30.3 Å². The van der Waals surface area contributed by atoms with Gasteiger partial charge in [-0.25, -0.2) is 4.98 Å². The quantitative estimate of drug-likeness (QED) is 0.696. The molecule has 2 aromatic rings. The molecule has 6 heteroatoms. The number of carbonyl (C=O) groups is 2. The Bertz CT molecular complexity index is 677. The van der Waals surface area contributed by atoms with Crippen molar-refractivity contribution in [3.63, 3.8) is 0 Å². The first-order valence-corrected chi connectivity index (χ1v) is 7.38. The number of ether oxygens (including phenoxy) is 1. The van der Waals surface area contributed by atoms with Crippen LogP contribution >= 0.6 is 11.3 Å². The maximum absolute atomic E-state index is 12.2. The Morgan fingerprint density at radius 1 is 1.29 bits per heavy atom. The van der Waals surface area contributed by atoms with Crippen LogP contribution in [-0.4, -0.2) is 24.0 Å². The van der Waals surface area contributed by atoms with Gasteiger partial charge in [-0.1, -0.05) is 41.7 Å². The van der Waals surface area contributed by atoms with Crippen molar-refractivity contribution in [2.75, 3.05) is 12.4 Å². The fourth-order valence-corrected chi connectivity index (χ4v) is 2.94. The molecule has 1 saturated carbocycles. The van der Waals surface area contributed by atoms with E-state index >= 15 is 0 Å². The van der Waals surface area contributed by atoms with Crippen LogP contribution < -0.4 is 5.32 Å². The molecule has 21 heavy (non-hydrogen) atoms. The van der Waals surface area contributed by atoms with Crippen LogP contribution in [0.1, 0.15) is 12.8 Å². The zero-order chi connectivity index (χ0) is 14.9. The van der Waals surface area contributed by atoms with Crippen molar-refractivity contribution in [3.05, 3.63) is 36.5 Å². The molecule has 0 unspecified atom stereocenters. The van der Waals surface area contributed by atoms with Gasteiger partial charge < -0.3 is 10.1 Å². The Hall–Kier alpha value is -2.21. The molecular weight excluding hydrogens is 288 g/mol. The highest BCUT2D eigenvalue weighted by Gasteiger charge is 2.57. The van der Waals surface area contributed by atoms with Crippen LogP contribution in [0, 0.1) is 5.41 Å².